The number of nitrogens with one attached hydrogen (secondary N) is 2. The lowest BCUT2D eigenvalue weighted by Crippen LogP contribution is -2.45. The van der Waals surface area contributed by atoms with E-state index in [9.17, 15) is 4.79 Å². The number of amides is 1. The molecule has 120 valence electrons. The number of morpholine rings is 1. The number of benzene rings is 1. The second-order valence-electron chi connectivity index (χ2n) is 5.35. The fourth-order valence-electron chi connectivity index (χ4n) is 2.20. The van der Waals surface area contributed by atoms with Gasteiger partial charge in [0, 0.05) is 19.2 Å². The summed E-state index contributed by atoms with van der Waals surface area (Å²) in [5.74, 6) is 1.02. The lowest BCUT2D eigenvalue weighted by molar-refractivity contribution is -0.128. The summed E-state index contributed by atoms with van der Waals surface area (Å²) in [6.45, 7) is 3.86. The summed E-state index contributed by atoms with van der Waals surface area (Å²) in [5.41, 5.74) is 1.78. The molecule has 0 bridgehead atoms. The number of ether oxygens (including phenoxy) is 2. The third-order valence-electron chi connectivity index (χ3n) is 3.47. The van der Waals surface area contributed by atoms with Crippen molar-refractivity contribution in [2.75, 3.05) is 25.0 Å². The van der Waals surface area contributed by atoms with E-state index < -0.39 is 6.10 Å². The highest BCUT2D eigenvalue weighted by Gasteiger charge is 2.21. The standard InChI is InChI=1S/C17H19N3O3/c1-12-2-5-14(6-3-12)23-16-7-4-13(10-19-16)20-17(21)15-11-18-8-9-22-15/h2-7,10,15,18H,8-9,11H2,1H3,(H,20,21). The molecule has 6 heteroatoms. The van der Waals surface area contributed by atoms with Gasteiger partial charge in [-0.25, -0.2) is 4.98 Å². The molecule has 1 aromatic heterocycles. The zero-order valence-corrected chi connectivity index (χ0v) is 12.9. The summed E-state index contributed by atoms with van der Waals surface area (Å²) >= 11 is 0. The van der Waals surface area contributed by atoms with Crippen LogP contribution in [0.15, 0.2) is 42.6 Å². The van der Waals surface area contributed by atoms with E-state index in [1.165, 1.54) is 5.56 Å². The third-order valence-corrected chi connectivity index (χ3v) is 3.47. The van der Waals surface area contributed by atoms with Crippen LogP contribution in [0.3, 0.4) is 0 Å². The van der Waals surface area contributed by atoms with Gasteiger partial charge in [-0.2, -0.15) is 0 Å². The minimum Gasteiger partial charge on any atom is -0.439 e. The minimum absolute atomic E-state index is 0.175. The Morgan fingerprint density at radius 2 is 2.13 bits per heavy atom. The van der Waals surface area contributed by atoms with Crippen molar-refractivity contribution in [3.63, 3.8) is 0 Å². The van der Waals surface area contributed by atoms with E-state index in [-0.39, 0.29) is 5.91 Å². The number of hydrogen-bond acceptors (Lipinski definition) is 5. The summed E-state index contributed by atoms with van der Waals surface area (Å²) < 4.78 is 11.1. The molecular weight excluding hydrogens is 294 g/mol. The van der Waals surface area contributed by atoms with Crippen LogP contribution in [0.4, 0.5) is 5.69 Å². The second-order valence-corrected chi connectivity index (χ2v) is 5.35. The molecule has 0 spiro atoms. The Labute approximate surface area is 134 Å². The molecule has 3 rings (SSSR count). The summed E-state index contributed by atoms with van der Waals surface area (Å²) in [4.78, 5) is 16.2. The first-order valence-corrected chi connectivity index (χ1v) is 7.54. The Hall–Kier alpha value is -2.44. The zero-order chi connectivity index (χ0) is 16.1. The molecule has 1 saturated heterocycles. The predicted molar refractivity (Wildman–Crippen MR) is 86.7 cm³/mol. The van der Waals surface area contributed by atoms with Crippen molar-refractivity contribution in [2.24, 2.45) is 0 Å². The lowest BCUT2D eigenvalue weighted by atomic mass is 10.2. The van der Waals surface area contributed by atoms with E-state index in [0.29, 0.717) is 24.7 Å². The second kappa shape index (κ2) is 7.21. The first-order chi connectivity index (χ1) is 11.2. The summed E-state index contributed by atoms with van der Waals surface area (Å²) in [6, 6.07) is 11.2. The lowest BCUT2D eigenvalue weighted by Gasteiger charge is -2.22. The Balaban J connectivity index is 1.58. The van der Waals surface area contributed by atoms with Gasteiger partial charge in [0.2, 0.25) is 5.88 Å². The van der Waals surface area contributed by atoms with Crippen molar-refractivity contribution in [3.8, 4) is 11.6 Å². The Bertz CT molecular complexity index is 650. The highest BCUT2D eigenvalue weighted by Crippen LogP contribution is 2.20. The van der Waals surface area contributed by atoms with Gasteiger partial charge in [-0.1, -0.05) is 17.7 Å². The maximum atomic E-state index is 12.0. The van der Waals surface area contributed by atoms with Crippen molar-refractivity contribution in [1.29, 1.82) is 0 Å². The van der Waals surface area contributed by atoms with Crippen LogP contribution in [0.2, 0.25) is 0 Å². The van der Waals surface area contributed by atoms with Crippen LogP contribution in [0, 0.1) is 6.92 Å². The number of rotatable bonds is 4. The molecule has 6 nitrogen and oxygen atoms in total. The van der Waals surface area contributed by atoms with Gasteiger partial charge in [-0.3, -0.25) is 4.79 Å². The van der Waals surface area contributed by atoms with Crippen molar-refractivity contribution < 1.29 is 14.3 Å². The van der Waals surface area contributed by atoms with Crippen LogP contribution in [-0.4, -0.2) is 36.7 Å². The molecule has 1 fully saturated rings. The molecule has 2 aromatic rings. The fourth-order valence-corrected chi connectivity index (χ4v) is 2.20. The minimum atomic E-state index is -0.466. The number of carbonyl (C=O) groups excluding carboxylic acids is 1. The van der Waals surface area contributed by atoms with Gasteiger partial charge in [0.1, 0.15) is 11.9 Å². The molecular formula is C17H19N3O3. The topological polar surface area (TPSA) is 72.5 Å². The number of anilines is 1. The van der Waals surface area contributed by atoms with Crippen LogP contribution >= 0.6 is 0 Å². The van der Waals surface area contributed by atoms with Crippen LogP contribution in [0.1, 0.15) is 5.56 Å². The predicted octanol–water partition coefficient (Wildman–Crippen LogP) is 2.11. The van der Waals surface area contributed by atoms with E-state index in [1.54, 1.807) is 18.3 Å². The monoisotopic (exact) mass is 313 g/mol. The average Bonchev–Trinajstić information content (AvgIpc) is 2.59. The quantitative estimate of drug-likeness (QED) is 0.904. The number of aryl methyl sites for hydroxylation is 1. The molecule has 2 heterocycles. The van der Waals surface area contributed by atoms with Crippen molar-refractivity contribution >= 4 is 11.6 Å². The van der Waals surface area contributed by atoms with Crippen LogP contribution in [0.25, 0.3) is 0 Å². The Kier molecular flexibility index (Phi) is 4.85. The van der Waals surface area contributed by atoms with Crippen molar-refractivity contribution in [3.05, 3.63) is 48.2 Å². The summed E-state index contributed by atoms with van der Waals surface area (Å²) in [6.07, 6.45) is 1.10. The summed E-state index contributed by atoms with van der Waals surface area (Å²) in [5, 5.41) is 5.91. The van der Waals surface area contributed by atoms with E-state index in [1.807, 2.05) is 31.2 Å². The number of aromatic nitrogens is 1. The maximum absolute atomic E-state index is 12.0. The van der Waals surface area contributed by atoms with Crippen LogP contribution in [0.5, 0.6) is 11.6 Å². The molecule has 0 radical (unpaired) electrons. The molecule has 1 atom stereocenters. The zero-order valence-electron chi connectivity index (χ0n) is 12.9. The molecule has 1 amide bonds. The third kappa shape index (κ3) is 4.28. The molecule has 0 saturated carbocycles. The van der Waals surface area contributed by atoms with E-state index in [4.69, 9.17) is 9.47 Å². The number of hydrogen-bond donors (Lipinski definition) is 2. The molecule has 1 aliphatic heterocycles. The fraction of sp³-hybridized carbons (Fsp3) is 0.294. The molecule has 23 heavy (non-hydrogen) atoms. The van der Waals surface area contributed by atoms with Gasteiger partial charge in [-0.15, -0.1) is 0 Å². The van der Waals surface area contributed by atoms with E-state index >= 15 is 0 Å². The van der Waals surface area contributed by atoms with Crippen molar-refractivity contribution in [1.82, 2.24) is 10.3 Å². The maximum Gasteiger partial charge on any atom is 0.254 e. The highest BCUT2D eigenvalue weighted by atomic mass is 16.5. The van der Waals surface area contributed by atoms with Gasteiger partial charge in [0.25, 0.3) is 5.91 Å². The largest absolute Gasteiger partial charge is 0.439 e. The van der Waals surface area contributed by atoms with Crippen LogP contribution in [-0.2, 0) is 9.53 Å². The van der Waals surface area contributed by atoms with Crippen molar-refractivity contribution in [2.45, 2.75) is 13.0 Å². The number of carbonyl (C=O) groups is 1. The smallest absolute Gasteiger partial charge is 0.254 e. The Morgan fingerprint density at radius 1 is 1.30 bits per heavy atom. The highest BCUT2D eigenvalue weighted by molar-refractivity contribution is 5.94. The Morgan fingerprint density at radius 3 is 2.78 bits per heavy atom. The first-order valence-electron chi connectivity index (χ1n) is 7.54. The van der Waals surface area contributed by atoms with Gasteiger partial charge in [0.05, 0.1) is 18.5 Å². The molecule has 1 unspecified atom stereocenters. The first kappa shape index (κ1) is 15.5. The van der Waals surface area contributed by atoms with Gasteiger partial charge in [0.15, 0.2) is 0 Å². The van der Waals surface area contributed by atoms with E-state index in [2.05, 4.69) is 15.6 Å². The van der Waals surface area contributed by atoms with Crippen LogP contribution < -0.4 is 15.4 Å². The molecule has 1 aliphatic rings. The number of nitrogens with zero attached hydrogens (tertiary/aromatic N) is 1. The van der Waals surface area contributed by atoms with Gasteiger partial charge < -0.3 is 20.1 Å². The average molecular weight is 313 g/mol. The van der Waals surface area contributed by atoms with Gasteiger partial charge >= 0.3 is 0 Å². The normalized spacial score (nSPS) is 17.5. The molecule has 2 N–H and O–H groups in total. The van der Waals surface area contributed by atoms with Gasteiger partial charge in [-0.05, 0) is 25.1 Å². The molecule has 1 aromatic carbocycles. The van der Waals surface area contributed by atoms with E-state index in [0.717, 1.165) is 12.3 Å². The SMILES string of the molecule is Cc1ccc(Oc2ccc(NC(=O)C3CNCCO3)cn2)cc1. The molecule has 0 aliphatic carbocycles. The number of pyridine rings is 1. The summed E-state index contributed by atoms with van der Waals surface area (Å²) in [7, 11) is 0.